The fourth-order valence-corrected chi connectivity index (χ4v) is 2.08. The largest absolute Gasteiger partial charge is 0.459 e. The second-order valence-electron chi connectivity index (χ2n) is 5.41. The molecule has 0 aliphatic heterocycles. The van der Waals surface area contributed by atoms with Gasteiger partial charge in [-0.2, -0.15) is 0 Å². The average molecular weight is 318 g/mol. The Balaban J connectivity index is 2.72. The van der Waals surface area contributed by atoms with Crippen molar-refractivity contribution in [1.29, 1.82) is 0 Å². The van der Waals surface area contributed by atoms with Gasteiger partial charge in [0.25, 0.3) is 0 Å². The first-order valence-electron chi connectivity index (χ1n) is 6.67. The summed E-state index contributed by atoms with van der Waals surface area (Å²) in [6, 6.07) is 0.766. The number of esters is 1. The molecule has 0 unspecified atom stereocenters. The number of hydrogen-bond acceptors (Lipinski definition) is 5. The maximum Gasteiger partial charge on any atom is 0.316 e. The second kappa shape index (κ2) is 7.59. The number of carbonyl (C=O) groups is 1. The molecule has 0 bridgehead atoms. The summed E-state index contributed by atoms with van der Waals surface area (Å²) in [5, 5.41) is 2.75. The first kappa shape index (κ1) is 17.7. The van der Waals surface area contributed by atoms with Crippen molar-refractivity contribution in [3.8, 4) is 0 Å². The van der Waals surface area contributed by atoms with Crippen LogP contribution in [-0.2, 0) is 9.53 Å². The lowest BCUT2D eigenvalue weighted by Crippen LogP contribution is -2.25. The lowest BCUT2D eigenvalue weighted by Gasteiger charge is -2.19. The van der Waals surface area contributed by atoms with Crippen LogP contribution in [0.2, 0.25) is 0 Å². The molecule has 0 saturated carbocycles. The van der Waals surface area contributed by atoms with E-state index in [1.807, 2.05) is 6.92 Å². The zero-order chi connectivity index (χ0) is 16.0. The maximum absolute atomic E-state index is 13.6. The van der Waals surface area contributed by atoms with Crippen LogP contribution < -0.4 is 5.32 Å². The number of rotatable bonds is 6. The minimum absolute atomic E-state index is 0.00932. The van der Waals surface area contributed by atoms with Crippen molar-refractivity contribution < 1.29 is 18.3 Å². The van der Waals surface area contributed by atoms with Crippen LogP contribution >= 0.6 is 11.8 Å². The van der Waals surface area contributed by atoms with Crippen LogP contribution in [0.3, 0.4) is 0 Å². The third-order valence-corrected chi connectivity index (χ3v) is 3.13. The third kappa shape index (κ3) is 6.29. The molecule has 1 rings (SSSR count). The van der Waals surface area contributed by atoms with Gasteiger partial charge in [0, 0.05) is 12.6 Å². The molecule has 1 heterocycles. The molecule has 7 heteroatoms. The lowest BCUT2D eigenvalue weighted by atomic mass is 10.2. The molecule has 0 amide bonds. The fourth-order valence-electron chi connectivity index (χ4n) is 1.42. The number of halogens is 2. The Kier molecular flexibility index (Phi) is 6.39. The molecule has 0 atom stereocenters. The van der Waals surface area contributed by atoms with Crippen LogP contribution in [0.15, 0.2) is 11.1 Å². The Morgan fingerprint density at radius 1 is 1.38 bits per heavy atom. The van der Waals surface area contributed by atoms with E-state index in [0.29, 0.717) is 6.54 Å². The fraction of sp³-hybridized carbons (Fsp3) is 0.571. The Morgan fingerprint density at radius 3 is 2.62 bits per heavy atom. The number of ether oxygens (including phenoxy) is 1. The minimum Gasteiger partial charge on any atom is -0.459 e. The van der Waals surface area contributed by atoms with Gasteiger partial charge in [0.15, 0.2) is 17.5 Å². The van der Waals surface area contributed by atoms with Crippen molar-refractivity contribution >= 4 is 23.5 Å². The summed E-state index contributed by atoms with van der Waals surface area (Å²) in [4.78, 5) is 15.5. The van der Waals surface area contributed by atoms with Crippen LogP contribution in [0.25, 0.3) is 0 Å². The quantitative estimate of drug-likeness (QED) is 0.641. The molecule has 21 heavy (non-hydrogen) atoms. The van der Waals surface area contributed by atoms with Crippen LogP contribution in [0, 0.1) is 11.6 Å². The molecule has 0 spiro atoms. The number of pyridine rings is 1. The van der Waals surface area contributed by atoms with Gasteiger partial charge in [-0.05, 0) is 27.2 Å². The van der Waals surface area contributed by atoms with Gasteiger partial charge in [-0.1, -0.05) is 18.7 Å². The van der Waals surface area contributed by atoms with Gasteiger partial charge >= 0.3 is 5.97 Å². The normalized spacial score (nSPS) is 11.3. The van der Waals surface area contributed by atoms with Crippen molar-refractivity contribution in [1.82, 2.24) is 4.98 Å². The van der Waals surface area contributed by atoms with Crippen LogP contribution in [-0.4, -0.2) is 28.9 Å². The van der Waals surface area contributed by atoms with Crippen LogP contribution in [0.5, 0.6) is 0 Å². The zero-order valence-electron chi connectivity index (χ0n) is 12.6. The number of thioether (sulfide) groups is 1. The van der Waals surface area contributed by atoms with Gasteiger partial charge in [0.2, 0.25) is 0 Å². The highest BCUT2D eigenvalue weighted by Crippen LogP contribution is 2.24. The van der Waals surface area contributed by atoms with Crippen molar-refractivity contribution in [3.05, 3.63) is 17.7 Å². The van der Waals surface area contributed by atoms with Crippen molar-refractivity contribution in [2.45, 2.75) is 44.7 Å². The van der Waals surface area contributed by atoms with Crippen LogP contribution in [0.4, 0.5) is 14.6 Å². The average Bonchev–Trinajstić information content (AvgIpc) is 2.34. The molecule has 1 aromatic rings. The van der Waals surface area contributed by atoms with Gasteiger partial charge in [0.05, 0.1) is 5.75 Å². The van der Waals surface area contributed by atoms with Gasteiger partial charge < -0.3 is 10.1 Å². The molecule has 0 radical (unpaired) electrons. The Morgan fingerprint density at radius 2 is 2.05 bits per heavy atom. The Labute approximate surface area is 127 Å². The molecule has 0 aromatic carbocycles. The first-order valence-corrected chi connectivity index (χ1v) is 7.66. The number of nitrogens with zero attached hydrogens (tertiary/aromatic N) is 1. The summed E-state index contributed by atoms with van der Waals surface area (Å²) in [6.07, 6.45) is 0.791. The van der Waals surface area contributed by atoms with Crippen molar-refractivity contribution in [2.75, 3.05) is 17.6 Å². The molecule has 0 saturated heterocycles. The van der Waals surface area contributed by atoms with E-state index in [0.717, 1.165) is 24.2 Å². The summed E-state index contributed by atoms with van der Waals surface area (Å²) < 4.78 is 32.3. The lowest BCUT2D eigenvalue weighted by molar-refractivity contribution is -0.151. The molecule has 4 nitrogen and oxygen atoms in total. The van der Waals surface area contributed by atoms with E-state index in [4.69, 9.17) is 4.74 Å². The predicted molar refractivity (Wildman–Crippen MR) is 79.5 cm³/mol. The third-order valence-electron chi connectivity index (χ3n) is 2.19. The van der Waals surface area contributed by atoms with E-state index >= 15 is 0 Å². The number of nitrogens with one attached hydrogen (secondary N) is 1. The van der Waals surface area contributed by atoms with Gasteiger partial charge in [-0.15, -0.1) is 0 Å². The Hall–Kier alpha value is -1.37. The number of anilines is 1. The van der Waals surface area contributed by atoms with E-state index in [-0.39, 0.29) is 16.6 Å². The smallest absolute Gasteiger partial charge is 0.316 e. The molecule has 118 valence electrons. The first-order chi connectivity index (χ1) is 9.73. The monoisotopic (exact) mass is 318 g/mol. The van der Waals surface area contributed by atoms with E-state index in [1.54, 1.807) is 20.8 Å². The highest BCUT2D eigenvalue weighted by Gasteiger charge is 2.18. The minimum atomic E-state index is -0.789. The van der Waals surface area contributed by atoms with E-state index < -0.39 is 23.2 Å². The van der Waals surface area contributed by atoms with Gasteiger partial charge in [-0.3, -0.25) is 4.79 Å². The van der Waals surface area contributed by atoms with E-state index in [2.05, 4.69) is 10.3 Å². The molecule has 1 N–H and O–H groups in total. The predicted octanol–water partition coefficient (Wildman–Crippen LogP) is 3.62. The number of hydrogen-bond donors (Lipinski definition) is 1. The van der Waals surface area contributed by atoms with E-state index in [9.17, 15) is 13.6 Å². The molecule has 0 aliphatic carbocycles. The van der Waals surface area contributed by atoms with Gasteiger partial charge in [-0.25, -0.2) is 13.8 Å². The summed E-state index contributed by atoms with van der Waals surface area (Å²) in [5.74, 6) is -2.10. The maximum atomic E-state index is 13.6. The number of aromatic nitrogens is 1. The SMILES string of the molecule is CCCNc1nc(SCC(=O)OC(C)(C)C)c(F)cc1F. The summed E-state index contributed by atoms with van der Waals surface area (Å²) >= 11 is 0.885. The molecule has 1 aromatic heterocycles. The second-order valence-corrected chi connectivity index (χ2v) is 6.37. The van der Waals surface area contributed by atoms with Crippen molar-refractivity contribution in [2.24, 2.45) is 0 Å². The highest BCUT2D eigenvalue weighted by molar-refractivity contribution is 7.99. The standard InChI is InChI=1S/C14H20F2N2O2S/c1-5-6-17-12-9(15)7-10(16)13(18-12)21-8-11(19)20-14(2,3)4/h7H,5-6,8H2,1-4H3,(H,17,18). The summed E-state index contributed by atoms with van der Waals surface area (Å²) in [5.41, 5.74) is -0.597. The molecule has 0 fully saturated rings. The molecular weight excluding hydrogens is 298 g/mol. The molecular formula is C14H20F2N2O2S. The van der Waals surface area contributed by atoms with Gasteiger partial charge in [0.1, 0.15) is 10.6 Å². The Bertz CT molecular complexity index is 504. The molecule has 0 aliphatic rings. The topological polar surface area (TPSA) is 51.2 Å². The summed E-state index contributed by atoms with van der Waals surface area (Å²) in [7, 11) is 0. The van der Waals surface area contributed by atoms with Crippen molar-refractivity contribution in [3.63, 3.8) is 0 Å². The zero-order valence-corrected chi connectivity index (χ0v) is 13.4. The number of carbonyl (C=O) groups excluding carboxylic acids is 1. The summed E-state index contributed by atoms with van der Waals surface area (Å²) in [6.45, 7) is 7.70. The highest BCUT2D eigenvalue weighted by atomic mass is 32.2. The van der Waals surface area contributed by atoms with E-state index in [1.165, 1.54) is 0 Å². The van der Waals surface area contributed by atoms with Crippen LogP contribution in [0.1, 0.15) is 34.1 Å².